The van der Waals surface area contributed by atoms with E-state index in [0.717, 1.165) is 23.8 Å². The van der Waals surface area contributed by atoms with Crippen LogP contribution in [0.4, 0.5) is 0 Å². The van der Waals surface area contributed by atoms with Crippen molar-refractivity contribution in [2.45, 2.75) is 33.1 Å². The summed E-state index contributed by atoms with van der Waals surface area (Å²) in [6.45, 7) is 4.40. The van der Waals surface area contributed by atoms with Gasteiger partial charge in [0.25, 0.3) is 0 Å². The van der Waals surface area contributed by atoms with E-state index in [9.17, 15) is 4.79 Å². The first-order valence-electron chi connectivity index (χ1n) is 6.18. The first kappa shape index (κ1) is 12.3. The maximum absolute atomic E-state index is 12.1. The maximum Gasteiger partial charge on any atom is 0.164 e. The molecule has 1 aromatic heterocycles. The first-order valence-corrected chi connectivity index (χ1v) is 7.06. The Morgan fingerprint density at radius 1 is 1.29 bits per heavy atom. The highest BCUT2D eigenvalue weighted by Gasteiger charge is 2.11. The molecule has 0 aliphatic rings. The van der Waals surface area contributed by atoms with Gasteiger partial charge in [0.15, 0.2) is 5.78 Å². The second-order valence-corrected chi connectivity index (χ2v) is 5.77. The Bertz CT molecular complexity index is 510. The molecule has 90 valence electrons. The summed E-state index contributed by atoms with van der Waals surface area (Å²) >= 11 is 1.66. The van der Waals surface area contributed by atoms with Gasteiger partial charge in [0, 0.05) is 27.5 Å². The molecule has 0 bridgehead atoms. The van der Waals surface area contributed by atoms with E-state index < -0.39 is 0 Å². The predicted molar refractivity (Wildman–Crippen MR) is 74.8 cm³/mol. The van der Waals surface area contributed by atoms with Crippen LogP contribution in [-0.2, 0) is 0 Å². The number of hydrogen-bond donors (Lipinski definition) is 0. The Labute approximate surface area is 106 Å². The van der Waals surface area contributed by atoms with E-state index in [1.807, 2.05) is 23.6 Å². The first-order chi connectivity index (χ1) is 8.18. The summed E-state index contributed by atoms with van der Waals surface area (Å²) < 4.78 is 1.21. The smallest absolute Gasteiger partial charge is 0.164 e. The summed E-state index contributed by atoms with van der Waals surface area (Å²) in [5.41, 5.74) is 0.911. The third-order valence-corrected chi connectivity index (χ3v) is 3.93. The molecule has 2 heteroatoms. The Morgan fingerprint density at radius 2 is 2.06 bits per heavy atom. The molecule has 0 N–H and O–H groups in total. The van der Waals surface area contributed by atoms with Crippen molar-refractivity contribution in [3.05, 3.63) is 35.2 Å². The Balaban J connectivity index is 2.09. The van der Waals surface area contributed by atoms with Crippen LogP contribution >= 0.6 is 11.3 Å². The van der Waals surface area contributed by atoms with Crippen LogP contribution in [0.25, 0.3) is 10.1 Å². The second kappa shape index (κ2) is 5.46. The van der Waals surface area contributed by atoms with Gasteiger partial charge in [-0.05, 0) is 18.4 Å². The van der Waals surface area contributed by atoms with Gasteiger partial charge >= 0.3 is 0 Å². The van der Waals surface area contributed by atoms with Crippen LogP contribution in [0.2, 0.25) is 0 Å². The molecule has 0 aliphatic heterocycles. The number of fused-ring (bicyclic) bond motifs is 1. The Morgan fingerprint density at radius 3 is 2.82 bits per heavy atom. The molecule has 2 rings (SSSR count). The van der Waals surface area contributed by atoms with Crippen LogP contribution in [0, 0.1) is 5.92 Å². The van der Waals surface area contributed by atoms with Gasteiger partial charge in [-0.25, -0.2) is 0 Å². The lowest BCUT2D eigenvalue weighted by Gasteiger charge is -2.03. The topological polar surface area (TPSA) is 17.1 Å². The van der Waals surface area contributed by atoms with E-state index >= 15 is 0 Å². The van der Waals surface area contributed by atoms with Gasteiger partial charge < -0.3 is 0 Å². The molecule has 17 heavy (non-hydrogen) atoms. The fraction of sp³-hybridized carbons (Fsp3) is 0.400. The fourth-order valence-corrected chi connectivity index (χ4v) is 2.96. The van der Waals surface area contributed by atoms with Crippen molar-refractivity contribution < 1.29 is 4.79 Å². The minimum Gasteiger partial charge on any atom is -0.294 e. The minimum atomic E-state index is 0.295. The van der Waals surface area contributed by atoms with Crippen molar-refractivity contribution in [2.24, 2.45) is 5.92 Å². The van der Waals surface area contributed by atoms with E-state index in [0.29, 0.717) is 18.1 Å². The van der Waals surface area contributed by atoms with Crippen LogP contribution in [0.3, 0.4) is 0 Å². The lowest BCUT2D eigenvalue weighted by atomic mass is 10.0. The van der Waals surface area contributed by atoms with Crippen molar-refractivity contribution in [1.29, 1.82) is 0 Å². The third kappa shape index (κ3) is 2.95. The van der Waals surface area contributed by atoms with Crippen molar-refractivity contribution in [3.63, 3.8) is 0 Å². The lowest BCUT2D eigenvalue weighted by Crippen LogP contribution is -1.99. The van der Waals surface area contributed by atoms with Crippen molar-refractivity contribution in [3.8, 4) is 0 Å². The van der Waals surface area contributed by atoms with E-state index in [4.69, 9.17) is 0 Å². The molecule has 0 aliphatic carbocycles. The number of Topliss-reactive ketones (excluding diaryl/α,β-unsaturated/α-hetero) is 1. The molecule has 2 aromatic rings. The van der Waals surface area contributed by atoms with Crippen molar-refractivity contribution in [2.75, 3.05) is 0 Å². The van der Waals surface area contributed by atoms with Gasteiger partial charge in [-0.2, -0.15) is 0 Å². The highest BCUT2D eigenvalue weighted by molar-refractivity contribution is 7.17. The number of carbonyl (C=O) groups is 1. The van der Waals surface area contributed by atoms with Gasteiger partial charge in [0.1, 0.15) is 0 Å². The zero-order valence-corrected chi connectivity index (χ0v) is 11.2. The summed E-state index contributed by atoms with van der Waals surface area (Å²) in [6.07, 6.45) is 2.81. The molecular weight excluding hydrogens is 228 g/mol. The zero-order chi connectivity index (χ0) is 12.3. The largest absolute Gasteiger partial charge is 0.294 e. The monoisotopic (exact) mass is 246 g/mol. The normalized spacial score (nSPS) is 11.2. The molecule has 0 saturated carbocycles. The summed E-state index contributed by atoms with van der Waals surface area (Å²) in [4.78, 5) is 12.1. The molecule has 1 nitrogen and oxygen atoms in total. The SMILES string of the molecule is CC(C)CCCC(=O)c1csc2ccccc12. The quantitative estimate of drug-likeness (QED) is 0.685. The van der Waals surface area contributed by atoms with Crippen LogP contribution in [0.1, 0.15) is 43.5 Å². The van der Waals surface area contributed by atoms with Crippen molar-refractivity contribution in [1.82, 2.24) is 0 Å². The van der Waals surface area contributed by atoms with Crippen molar-refractivity contribution >= 4 is 27.2 Å². The van der Waals surface area contributed by atoms with Gasteiger partial charge in [0.05, 0.1) is 0 Å². The van der Waals surface area contributed by atoms with Gasteiger partial charge in [0.2, 0.25) is 0 Å². The van der Waals surface area contributed by atoms with Crippen LogP contribution < -0.4 is 0 Å². The highest BCUT2D eigenvalue weighted by atomic mass is 32.1. The summed E-state index contributed by atoms with van der Waals surface area (Å²) in [7, 11) is 0. The van der Waals surface area contributed by atoms with Crippen LogP contribution in [0.15, 0.2) is 29.6 Å². The van der Waals surface area contributed by atoms with Crippen LogP contribution in [0.5, 0.6) is 0 Å². The zero-order valence-electron chi connectivity index (χ0n) is 10.4. The molecule has 0 atom stereocenters. The molecule has 0 amide bonds. The summed E-state index contributed by atoms with van der Waals surface area (Å²) in [5, 5.41) is 3.12. The minimum absolute atomic E-state index is 0.295. The molecular formula is C15H18OS. The van der Waals surface area contributed by atoms with Gasteiger partial charge in [-0.3, -0.25) is 4.79 Å². The molecule has 1 aromatic carbocycles. The average Bonchev–Trinajstić information content (AvgIpc) is 2.72. The van der Waals surface area contributed by atoms with Crippen LogP contribution in [-0.4, -0.2) is 5.78 Å². The summed E-state index contributed by atoms with van der Waals surface area (Å²) in [6, 6.07) is 8.14. The lowest BCUT2D eigenvalue weighted by molar-refractivity contribution is 0.0980. The number of carbonyl (C=O) groups excluding carboxylic acids is 1. The molecule has 0 saturated heterocycles. The predicted octanol–water partition coefficient (Wildman–Crippen LogP) is 4.91. The molecule has 1 heterocycles. The second-order valence-electron chi connectivity index (χ2n) is 4.85. The standard InChI is InChI=1S/C15H18OS/c1-11(2)6-5-8-14(16)13-10-17-15-9-4-3-7-12(13)15/h3-4,7,9-11H,5-6,8H2,1-2H3. The summed E-state index contributed by atoms with van der Waals surface area (Å²) in [5.74, 6) is 0.977. The van der Waals surface area contributed by atoms with Gasteiger partial charge in [-0.1, -0.05) is 38.5 Å². The number of benzene rings is 1. The number of ketones is 1. The third-order valence-electron chi connectivity index (χ3n) is 2.97. The van der Waals surface area contributed by atoms with E-state index in [1.165, 1.54) is 4.70 Å². The molecule has 0 radical (unpaired) electrons. The Kier molecular flexibility index (Phi) is 3.95. The number of thiophene rings is 1. The van der Waals surface area contributed by atoms with Gasteiger partial charge in [-0.15, -0.1) is 11.3 Å². The molecule has 0 spiro atoms. The maximum atomic E-state index is 12.1. The number of hydrogen-bond acceptors (Lipinski definition) is 2. The number of rotatable bonds is 5. The highest BCUT2D eigenvalue weighted by Crippen LogP contribution is 2.27. The van der Waals surface area contributed by atoms with E-state index in [-0.39, 0.29) is 0 Å². The molecule has 0 fully saturated rings. The van der Waals surface area contributed by atoms with E-state index in [2.05, 4.69) is 19.9 Å². The van der Waals surface area contributed by atoms with E-state index in [1.54, 1.807) is 11.3 Å². The Hall–Kier alpha value is -1.15. The average molecular weight is 246 g/mol. The molecule has 0 unspecified atom stereocenters. The fourth-order valence-electron chi connectivity index (χ4n) is 2.00.